The van der Waals surface area contributed by atoms with E-state index in [1.807, 2.05) is 0 Å². The summed E-state index contributed by atoms with van der Waals surface area (Å²) in [6.45, 7) is 0. The summed E-state index contributed by atoms with van der Waals surface area (Å²) in [4.78, 5) is 11.3. The second-order valence-corrected chi connectivity index (χ2v) is 9.15. The van der Waals surface area contributed by atoms with E-state index in [0.29, 0.717) is 0 Å². The normalized spacial score (nSPS) is 21.8. The van der Waals surface area contributed by atoms with Gasteiger partial charge in [0.2, 0.25) is 10.0 Å². The van der Waals surface area contributed by atoms with E-state index in [2.05, 4.69) is 9.46 Å². The molecule has 1 atom stereocenters. The van der Waals surface area contributed by atoms with Crippen LogP contribution < -0.4 is 4.72 Å². The van der Waals surface area contributed by atoms with Crippen molar-refractivity contribution >= 4 is 37.2 Å². The van der Waals surface area contributed by atoms with Crippen LogP contribution in [0, 0.1) is 0 Å². The van der Waals surface area contributed by atoms with Crippen molar-refractivity contribution in [2.24, 2.45) is 0 Å². The number of sulfonamides is 1. The summed E-state index contributed by atoms with van der Waals surface area (Å²) in [5.74, 6) is -0.989. The Morgan fingerprint density at radius 2 is 2.20 bits per heavy atom. The summed E-state index contributed by atoms with van der Waals surface area (Å²) in [6, 6.07) is 0.637. The van der Waals surface area contributed by atoms with Crippen LogP contribution in [0.3, 0.4) is 0 Å². The fourth-order valence-electron chi connectivity index (χ4n) is 1.92. The number of hydrogen-bond donors (Lipinski definition) is 1. The van der Waals surface area contributed by atoms with Crippen LogP contribution in [0.5, 0.6) is 0 Å². The zero-order valence-corrected chi connectivity index (χ0v) is 13.0. The van der Waals surface area contributed by atoms with Crippen LogP contribution in [0.1, 0.15) is 16.1 Å². The molecule has 2 rings (SSSR count). The Bertz CT molecular complexity index is 718. The second kappa shape index (κ2) is 5.43. The van der Waals surface area contributed by atoms with Gasteiger partial charge in [0.25, 0.3) is 0 Å². The van der Waals surface area contributed by atoms with Crippen molar-refractivity contribution < 1.29 is 26.4 Å². The quantitative estimate of drug-likeness (QED) is 0.774. The number of carbonyl (C=O) groups excluding carboxylic acids is 1. The van der Waals surface area contributed by atoms with Crippen LogP contribution in [0.2, 0.25) is 0 Å². The van der Waals surface area contributed by atoms with E-state index in [1.54, 1.807) is 0 Å². The number of methoxy groups -OCH3 is 1. The Hall–Kier alpha value is -0.970. The molecule has 0 bridgehead atoms. The third kappa shape index (κ3) is 3.19. The molecule has 1 N–H and O–H groups in total. The van der Waals surface area contributed by atoms with Crippen molar-refractivity contribution in [2.45, 2.75) is 17.4 Å². The van der Waals surface area contributed by atoms with Crippen molar-refractivity contribution in [3.8, 4) is 0 Å². The molecule has 1 saturated heterocycles. The molecule has 2 heterocycles. The standard InChI is InChI=1S/C10H13NO6S3/c1-17-10(12)9-8(2-4-18-9)20(15,16)11-7-3-5-19(13,14)6-7/h2,4,7,11H,3,5-6H2,1H3/t7-/m0/s1. The minimum atomic E-state index is -3.94. The van der Waals surface area contributed by atoms with Crippen LogP contribution in [0.15, 0.2) is 16.3 Å². The minimum absolute atomic E-state index is 0.0270. The summed E-state index contributed by atoms with van der Waals surface area (Å²) >= 11 is 0.955. The molecule has 0 saturated carbocycles. The summed E-state index contributed by atoms with van der Waals surface area (Å²) in [5, 5.41) is 1.46. The van der Waals surface area contributed by atoms with Gasteiger partial charge in [-0.3, -0.25) is 0 Å². The molecule has 0 aliphatic carbocycles. The van der Waals surface area contributed by atoms with Crippen LogP contribution in [-0.4, -0.2) is 47.5 Å². The third-order valence-corrected chi connectivity index (χ3v) is 7.20. The lowest BCUT2D eigenvalue weighted by Gasteiger charge is -2.11. The first-order valence-corrected chi connectivity index (χ1v) is 9.82. The first kappa shape index (κ1) is 15.4. The Kier molecular flexibility index (Phi) is 4.19. The first-order chi connectivity index (χ1) is 9.25. The number of ether oxygens (including phenoxy) is 1. The van der Waals surface area contributed by atoms with Gasteiger partial charge in [0.15, 0.2) is 9.84 Å². The number of esters is 1. The van der Waals surface area contributed by atoms with E-state index in [0.717, 1.165) is 18.4 Å². The van der Waals surface area contributed by atoms with Gasteiger partial charge >= 0.3 is 5.97 Å². The SMILES string of the molecule is COC(=O)c1sccc1S(=O)(=O)N[C@H]1CCS(=O)(=O)C1. The number of nitrogens with one attached hydrogen (secondary N) is 1. The molecule has 1 aromatic heterocycles. The molecule has 1 aliphatic rings. The molecule has 0 radical (unpaired) electrons. The highest BCUT2D eigenvalue weighted by Crippen LogP contribution is 2.24. The number of carbonyl (C=O) groups is 1. The average Bonchev–Trinajstić information content (AvgIpc) is 2.94. The predicted molar refractivity (Wildman–Crippen MR) is 73.0 cm³/mol. The van der Waals surface area contributed by atoms with Crippen LogP contribution in [0.25, 0.3) is 0 Å². The van der Waals surface area contributed by atoms with Gasteiger partial charge in [0.05, 0.1) is 18.6 Å². The third-order valence-electron chi connectivity index (χ3n) is 2.84. The molecule has 1 aliphatic heterocycles. The van der Waals surface area contributed by atoms with Gasteiger partial charge in [0, 0.05) is 6.04 Å². The molecule has 20 heavy (non-hydrogen) atoms. The van der Waals surface area contributed by atoms with Gasteiger partial charge in [0.1, 0.15) is 9.77 Å². The van der Waals surface area contributed by atoms with Gasteiger partial charge in [-0.1, -0.05) is 0 Å². The topological polar surface area (TPSA) is 107 Å². The molecule has 1 fully saturated rings. The van der Waals surface area contributed by atoms with Gasteiger partial charge in [-0.2, -0.15) is 0 Å². The largest absolute Gasteiger partial charge is 0.465 e. The van der Waals surface area contributed by atoms with E-state index in [4.69, 9.17) is 0 Å². The van der Waals surface area contributed by atoms with E-state index in [-0.39, 0.29) is 27.7 Å². The summed E-state index contributed by atoms with van der Waals surface area (Å²) < 4.78 is 53.9. The lowest BCUT2D eigenvalue weighted by Crippen LogP contribution is -2.36. The average molecular weight is 339 g/mol. The fourth-order valence-corrected chi connectivity index (χ4v) is 6.31. The Morgan fingerprint density at radius 3 is 2.75 bits per heavy atom. The maximum atomic E-state index is 12.2. The lowest BCUT2D eigenvalue weighted by atomic mass is 10.3. The van der Waals surface area contributed by atoms with E-state index < -0.39 is 31.9 Å². The van der Waals surface area contributed by atoms with E-state index in [1.165, 1.54) is 11.4 Å². The van der Waals surface area contributed by atoms with Gasteiger partial charge < -0.3 is 4.74 Å². The van der Waals surface area contributed by atoms with Crippen molar-refractivity contribution in [3.05, 3.63) is 16.3 Å². The number of sulfone groups is 1. The van der Waals surface area contributed by atoms with Crippen LogP contribution in [0.4, 0.5) is 0 Å². The predicted octanol–water partition coefficient (Wildman–Crippen LogP) is 0.000100. The zero-order chi connectivity index (χ0) is 15.0. The van der Waals surface area contributed by atoms with Gasteiger partial charge in [-0.05, 0) is 17.9 Å². The molecule has 0 amide bonds. The molecule has 112 valence electrons. The first-order valence-electron chi connectivity index (χ1n) is 5.64. The van der Waals surface area contributed by atoms with Crippen LogP contribution >= 0.6 is 11.3 Å². The highest BCUT2D eigenvalue weighted by molar-refractivity contribution is 7.92. The van der Waals surface area contributed by atoms with Crippen molar-refractivity contribution in [3.63, 3.8) is 0 Å². The molecule has 7 nitrogen and oxygen atoms in total. The van der Waals surface area contributed by atoms with E-state index in [9.17, 15) is 21.6 Å². The van der Waals surface area contributed by atoms with E-state index >= 15 is 0 Å². The smallest absolute Gasteiger partial charge is 0.349 e. The van der Waals surface area contributed by atoms with Crippen molar-refractivity contribution in [1.29, 1.82) is 0 Å². The Labute approximate surface area is 120 Å². The molecule has 1 aromatic rings. The van der Waals surface area contributed by atoms with Gasteiger partial charge in [-0.25, -0.2) is 26.4 Å². The lowest BCUT2D eigenvalue weighted by molar-refractivity contribution is 0.0602. The Morgan fingerprint density at radius 1 is 1.50 bits per heavy atom. The molecule has 0 unspecified atom stereocenters. The summed E-state index contributed by atoms with van der Waals surface area (Å²) in [7, 11) is -5.96. The highest BCUT2D eigenvalue weighted by atomic mass is 32.2. The number of rotatable bonds is 4. The zero-order valence-electron chi connectivity index (χ0n) is 10.5. The summed E-state index contributed by atoms with van der Waals surface area (Å²) in [5.41, 5.74) is 0. The fraction of sp³-hybridized carbons (Fsp3) is 0.500. The minimum Gasteiger partial charge on any atom is -0.465 e. The second-order valence-electron chi connectivity index (χ2n) is 4.33. The highest BCUT2D eigenvalue weighted by Gasteiger charge is 2.33. The molecule has 10 heteroatoms. The molecule has 0 aromatic carbocycles. The number of hydrogen-bond acceptors (Lipinski definition) is 7. The van der Waals surface area contributed by atoms with Gasteiger partial charge in [-0.15, -0.1) is 11.3 Å². The number of thiophene rings is 1. The maximum absolute atomic E-state index is 12.2. The molecular weight excluding hydrogens is 326 g/mol. The molecule has 0 spiro atoms. The maximum Gasteiger partial charge on any atom is 0.349 e. The van der Waals surface area contributed by atoms with Crippen LogP contribution in [-0.2, 0) is 24.6 Å². The van der Waals surface area contributed by atoms with Crippen molar-refractivity contribution in [2.75, 3.05) is 18.6 Å². The van der Waals surface area contributed by atoms with Crippen molar-refractivity contribution in [1.82, 2.24) is 4.72 Å². The Balaban J connectivity index is 2.24. The molecular formula is C10H13NO6S3. The summed E-state index contributed by atoms with van der Waals surface area (Å²) in [6.07, 6.45) is 0.235. The monoisotopic (exact) mass is 339 g/mol.